The Morgan fingerprint density at radius 2 is 2.07 bits per heavy atom. The van der Waals surface area contributed by atoms with Gasteiger partial charge in [-0.2, -0.15) is 15.0 Å². The van der Waals surface area contributed by atoms with Crippen molar-refractivity contribution in [3.8, 4) is 34.6 Å². The molecule has 0 atom stereocenters. The Hall–Kier alpha value is -3.90. The van der Waals surface area contributed by atoms with Crippen molar-refractivity contribution in [2.75, 3.05) is 27.4 Å². The van der Waals surface area contributed by atoms with Crippen LogP contribution < -0.4 is 10.1 Å². The molecule has 0 saturated carbocycles. The molecule has 30 heavy (non-hydrogen) atoms. The predicted octanol–water partition coefficient (Wildman–Crippen LogP) is 2.29. The number of aromatic hydroxyl groups is 1. The monoisotopic (exact) mass is 407 g/mol. The number of amides is 1. The molecule has 0 spiro atoms. The second kappa shape index (κ2) is 9.54. The normalized spacial score (nSPS) is 10.4. The van der Waals surface area contributed by atoms with Gasteiger partial charge in [-0.25, -0.2) is 4.98 Å². The van der Waals surface area contributed by atoms with Gasteiger partial charge >= 0.3 is 0 Å². The first-order valence-electron chi connectivity index (χ1n) is 9.18. The summed E-state index contributed by atoms with van der Waals surface area (Å²) in [7, 11) is 3.10. The van der Waals surface area contributed by atoms with Crippen LogP contribution in [0.1, 0.15) is 22.3 Å². The van der Waals surface area contributed by atoms with Crippen LogP contribution in [0.5, 0.6) is 11.6 Å². The lowest BCUT2D eigenvalue weighted by Crippen LogP contribution is -2.25. The van der Waals surface area contributed by atoms with E-state index in [4.69, 9.17) is 14.7 Å². The second-order valence-electron chi connectivity index (χ2n) is 6.33. The van der Waals surface area contributed by atoms with Gasteiger partial charge in [-0.05, 0) is 36.8 Å². The summed E-state index contributed by atoms with van der Waals surface area (Å²) < 4.78 is 11.5. The summed E-state index contributed by atoms with van der Waals surface area (Å²) in [6, 6.07) is 10.2. The Kier molecular flexibility index (Phi) is 6.62. The van der Waals surface area contributed by atoms with E-state index in [1.165, 1.54) is 24.2 Å². The Bertz CT molecular complexity index is 1070. The summed E-state index contributed by atoms with van der Waals surface area (Å²) in [6.07, 6.45) is 3.62. The van der Waals surface area contributed by atoms with Crippen molar-refractivity contribution in [1.29, 1.82) is 5.26 Å². The van der Waals surface area contributed by atoms with Crippen LogP contribution in [-0.4, -0.2) is 53.1 Å². The maximum absolute atomic E-state index is 12.1. The third kappa shape index (κ3) is 4.39. The molecular formula is C21H21N5O4. The molecule has 0 bridgehead atoms. The maximum atomic E-state index is 12.1. The first kappa shape index (κ1) is 20.8. The molecule has 0 aliphatic carbocycles. The highest BCUT2D eigenvalue weighted by molar-refractivity contribution is 5.93. The fourth-order valence-electron chi connectivity index (χ4n) is 2.85. The van der Waals surface area contributed by atoms with Gasteiger partial charge in [-0.15, -0.1) is 0 Å². The van der Waals surface area contributed by atoms with E-state index in [9.17, 15) is 9.90 Å². The van der Waals surface area contributed by atoms with E-state index in [0.717, 1.165) is 6.42 Å². The number of hydrogen-bond acceptors (Lipinski definition) is 7. The van der Waals surface area contributed by atoms with Crippen molar-refractivity contribution in [3.63, 3.8) is 0 Å². The number of nitrogens with one attached hydrogen (secondary N) is 1. The molecule has 9 heteroatoms. The van der Waals surface area contributed by atoms with Gasteiger partial charge in [0.15, 0.2) is 5.82 Å². The number of nitriles is 1. The molecule has 1 amide bonds. The number of nitrogens with zero attached hydrogens (tertiary/aromatic N) is 4. The number of aromatic nitrogens is 3. The van der Waals surface area contributed by atoms with Crippen LogP contribution in [0, 0.1) is 11.3 Å². The minimum Gasteiger partial charge on any atom is -0.496 e. The molecule has 0 aliphatic rings. The highest BCUT2D eigenvalue weighted by atomic mass is 16.5. The lowest BCUT2D eigenvalue weighted by Gasteiger charge is -2.09. The highest BCUT2D eigenvalue weighted by Crippen LogP contribution is 2.37. The fraction of sp³-hybridized carbons (Fsp3) is 0.238. The third-order valence-electron chi connectivity index (χ3n) is 4.40. The molecule has 3 aromatic rings. The number of rotatable bonds is 8. The molecule has 0 fully saturated rings. The number of hydrogen-bond donors (Lipinski definition) is 2. The number of benzene rings is 1. The standard InChI is InChI=1S/C21H21N5O4/c1-29-9-3-8-23-20(27)15-5-7-19(24-12-15)26-21(28)17(13-25-26)16-6-4-14(11-22)10-18(16)30-2/h4-7,10,12-13,28H,3,8-9H2,1-2H3,(H,23,27). The largest absolute Gasteiger partial charge is 0.496 e. The van der Waals surface area contributed by atoms with Crippen LogP contribution in [0.15, 0.2) is 42.7 Å². The second-order valence-corrected chi connectivity index (χ2v) is 6.33. The van der Waals surface area contributed by atoms with Crippen LogP contribution in [0.4, 0.5) is 0 Å². The van der Waals surface area contributed by atoms with Crippen molar-refractivity contribution < 1.29 is 19.4 Å². The van der Waals surface area contributed by atoms with Crippen LogP contribution in [-0.2, 0) is 4.74 Å². The van der Waals surface area contributed by atoms with Gasteiger partial charge in [0.05, 0.1) is 36.1 Å². The van der Waals surface area contributed by atoms with Crippen molar-refractivity contribution in [1.82, 2.24) is 20.1 Å². The predicted molar refractivity (Wildman–Crippen MR) is 109 cm³/mol. The van der Waals surface area contributed by atoms with E-state index in [1.54, 1.807) is 37.4 Å². The smallest absolute Gasteiger partial charge is 0.252 e. The molecule has 0 saturated heterocycles. The van der Waals surface area contributed by atoms with Crippen LogP contribution in [0.2, 0.25) is 0 Å². The number of methoxy groups -OCH3 is 2. The van der Waals surface area contributed by atoms with Crippen LogP contribution in [0.3, 0.4) is 0 Å². The van der Waals surface area contributed by atoms with E-state index >= 15 is 0 Å². The number of ether oxygens (including phenoxy) is 2. The fourth-order valence-corrected chi connectivity index (χ4v) is 2.85. The first-order valence-corrected chi connectivity index (χ1v) is 9.18. The maximum Gasteiger partial charge on any atom is 0.252 e. The molecule has 2 heterocycles. The van der Waals surface area contributed by atoms with Crippen molar-refractivity contribution >= 4 is 5.91 Å². The number of carbonyl (C=O) groups excluding carboxylic acids is 1. The summed E-state index contributed by atoms with van der Waals surface area (Å²) in [4.78, 5) is 16.4. The number of pyridine rings is 1. The van der Waals surface area contributed by atoms with Gasteiger partial charge in [0, 0.05) is 32.0 Å². The summed E-state index contributed by atoms with van der Waals surface area (Å²) in [5.74, 6) is 0.416. The quantitative estimate of drug-likeness (QED) is 0.549. The molecule has 9 nitrogen and oxygen atoms in total. The lowest BCUT2D eigenvalue weighted by atomic mass is 10.1. The molecule has 154 valence electrons. The van der Waals surface area contributed by atoms with E-state index < -0.39 is 0 Å². The Morgan fingerprint density at radius 3 is 2.73 bits per heavy atom. The van der Waals surface area contributed by atoms with Crippen LogP contribution >= 0.6 is 0 Å². The zero-order chi connectivity index (χ0) is 21.5. The minimum absolute atomic E-state index is 0.137. The van der Waals surface area contributed by atoms with Gasteiger partial charge in [-0.3, -0.25) is 4.79 Å². The zero-order valence-electron chi connectivity index (χ0n) is 16.6. The topological polar surface area (TPSA) is 122 Å². The summed E-state index contributed by atoms with van der Waals surface area (Å²) in [5.41, 5.74) is 1.86. The van der Waals surface area contributed by atoms with E-state index in [2.05, 4.69) is 15.4 Å². The summed E-state index contributed by atoms with van der Waals surface area (Å²) >= 11 is 0. The highest BCUT2D eigenvalue weighted by Gasteiger charge is 2.18. The average Bonchev–Trinajstić information content (AvgIpc) is 3.17. The van der Waals surface area contributed by atoms with E-state index in [0.29, 0.717) is 47.0 Å². The Morgan fingerprint density at radius 1 is 1.23 bits per heavy atom. The summed E-state index contributed by atoms with van der Waals surface area (Å²) in [5, 5.41) is 26.7. The van der Waals surface area contributed by atoms with E-state index in [-0.39, 0.29) is 11.8 Å². The molecule has 3 rings (SSSR count). The molecule has 2 aromatic heterocycles. The van der Waals surface area contributed by atoms with E-state index in [1.807, 2.05) is 6.07 Å². The lowest BCUT2D eigenvalue weighted by molar-refractivity contribution is 0.0948. The summed E-state index contributed by atoms with van der Waals surface area (Å²) in [6.45, 7) is 1.08. The first-order chi connectivity index (χ1) is 14.6. The third-order valence-corrected chi connectivity index (χ3v) is 4.40. The SMILES string of the molecule is COCCCNC(=O)c1ccc(-n2ncc(-c3ccc(C#N)cc3OC)c2O)nc1. The van der Waals surface area contributed by atoms with Gasteiger partial charge in [0.25, 0.3) is 5.91 Å². The minimum atomic E-state index is -0.238. The Balaban J connectivity index is 1.81. The zero-order valence-corrected chi connectivity index (χ0v) is 16.6. The van der Waals surface area contributed by atoms with Gasteiger partial charge in [-0.1, -0.05) is 0 Å². The molecule has 0 unspecified atom stereocenters. The van der Waals surface area contributed by atoms with Gasteiger partial charge < -0.3 is 19.9 Å². The average molecular weight is 407 g/mol. The van der Waals surface area contributed by atoms with Crippen molar-refractivity contribution in [2.45, 2.75) is 6.42 Å². The van der Waals surface area contributed by atoms with Crippen LogP contribution in [0.25, 0.3) is 16.9 Å². The van der Waals surface area contributed by atoms with Crippen molar-refractivity contribution in [3.05, 3.63) is 53.9 Å². The number of carbonyl (C=O) groups is 1. The van der Waals surface area contributed by atoms with Gasteiger partial charge in [0.1, 0.15) is 5.75 Å². The molecular weight excluding hydrogens is 386 g/mol. The molecule has 1 aromatic carbocycles. The Labute approximate surface area is 173 Å². The molecule has 0 radical (unpaired) electrons. The molecule has 2 N–H and O–H groups in total. The molecule has 0 aliphatic heterocycles. The van der Waals surface area contributed by atoms with Crippen molar-refractivity contribution in [2.24, 2.45) is 0 Å². The van der Waals surface area contributed by atoms with Gasteiger partial charge in [0.2, 0.25) is 5.88 Å².